The van der Waals surface area contributed by atoms with E-state index in [0.29, 0.717) is 6.04 Å². The van der Waals surface area contributed by atoms with Crippen molar-refractivity contribution in [3.05, 3.63) is 36.0 Å². The average Bonchev–Trinajstić information content (AvgIpc) is 3.00. The molecule has 96 valence electrons. The van der Waals surface area contributed by atoms with E-state index >= 15 is 0 Å². The maximum Gasteiger partial charge on any atom is 0.0481 e. The van der Waals surface area contributed by atoms with E-state index in [9.17, 15) is 0 Å². The van der Waals surface area contributed by atoms with Crippen LogP contribution in [-0.2, 0) is 13.6 Å². The lowest BCUT2D eigenvalue weighted by Gasteiger charge is -2.10. The van der Waals surface area contributed by atoms with Gasteiger partial charge in [-0.1, -0.05) is 18.2 Å². The molecule has 1 fully saturated rings. The first-order chi connectivity index (χ1) is 8.84. The fraction of sp³-hybridized carbons (Fsp3) is 0.467. The first-order valence-corrected chi connectivity index (χ1v) is 6.81. The minimum Gasteiger partial charge on any atom is -0.350 e. The highest BCUT2D eigenvalue weighted by atomic mass is 15.0. The van der Waals surface area contributed by atoms with Gasteiger partial charge in [0.25, 0.3) is 0 Å². The zero-order valence-electron chi connectivity index (χ0n) is 10.9. The van der Waals surface area contributed by atoms with Gasteiger partial charge in [-0.05, 0) is 31.0 Å². The average molecular weight is 243 g/mol. The summed E-state index contributed by atoms with van der Waals surface area (Å²) < 4.78 is 2.21. The fourth-order valence-corrected chi connectivity index (χ4v) is 2.88. The zero-order chi connectivity index (χ0) is 12.4. The van der Waals surface area contributed by atoms with E-state index < -0.39 is 0 Å². The number of aromatic nitrogens is 1. The van der Waals surface area contributed by atoms with Gasteiger partial charge in [0, 0.05) is 43.3 Å². The highest BCUT2D eigenvalue weighted by Gasteiger charge is 2.13. The van der Waals surface area contributed by atoms with Crippen molar-refractivity contribution in [2.45, 2.75) is 25.4 Å². The third kappa shape index (κ3) is 2.28. The van der Waals surface area contributed by atoms with Crippen molar-refractivity contribution in [2.75, 3.05) is 13.1 Å². The van der Waals surface area contributed by atoms with Gasteiger partial charge < -0.3 is 15.2 Å². The van der Waals surface area contributed by atoms with Crippen LogP contribution < -0.4 is 10.6 Å². The monoisotopic (exact) mass is 243 g/mol. The van der Waals surface area contributed by atoms with Crippen LogP contribution >= 0.6 is 0 Å². The lowest BCUT2D eigenvalue weighted by molar-refractivity contribution is 0.536. The van der Waals surface area contributed by atoms with Gasteiger partial charge in [0.1, 0.15) is 0 Å². The predicted octanol–water partition coefficient (Wildman–Crippen LogP) is 2.02. The van der Waals surface area contributed by atoms with Gasteiger partial charge in [-0.15, -0.1) is 0 Å². The zero-order valence-corrected chi connectivity index (χ0v) is 10.9. The lowest BCUT2D eigenvalue weighted by atomic mass is 10.1. The summed E-state index contributed by atoms with van der Waals surface area (Å²) in [7, 11) is 2.12. The molecule has 3 nitrogen and oxygen atoms in total. The second-order valence-electron chi connectivity index (χ2n) is 5.21. The Labute approximate surface area is 108 Å². The Morgan fingerprint density at radius 3 is 3.11 bits per heavy atom. The second-order valence-corrected chi connectivity index (χ2v) is 5.21. The molecule has 1 aromatic heterocycles. The van der Waals surface area contributed by atoms with Crippen molar-refractivity contribution in [1.82, 2.24) is 15.2 Å². The van der Waals surface area contributed by atoms with Gasteiger partial charge in [0.2, 0.25) is 0 Å². The first kappa shape index (κ1) is 11.8. The molecule has 1 unspecified atom stereocenters. The Bertz CT molecular complexity index is 524. The summed E-state index contributed by atoms with van der Waals surface area (Å²) in [5, 5.41) is 8.46. The Morgan fingerprint density at radius 1 is 1.39 bits per heavy atom. The van der Waals surface area contributed by atoms with Crippen molar-refractivity contribution >= 4 is 10.9 Å². The molecule has 1 aliphatic rings. The van der Waals surface area contributed by atoms with Crippen LogP contribution in [0.2, 0.25) is 0 Å². The molecule has 0 amide bonds. The van der Waals surface area contributed by atoms with Crippen molar-refractivity contribution in [3.63, 3.8) is 0 Å². The van der Waals surface area contributed by atoms with Crippen LogP contribution in [0.5, 0.6) is 0 Å². The lowest BCUT2D eigenvalue weighted by Crippen LogP contribution is -2.33. The Morgan fingerprint density at radius 2 is 2.28 bits per heavy atom. The molecule has 1 atom stereocenters. The molecule has 2 heterocycles. The molecule has 0 aliphatic carbocycles. The molecule has 2 aromatic rings. The Kier molecular flexibility index (Phi) is 3.35. The quantitative estimate of drug-likeness (QED) is 0.860. The van der Waals surface area contributed by atoms with Gasteiger partial charge in [-0.3, -0.25) is 0 Å². The van der Waals surface area contributed by atoms with Crippen LogP contribution in [0.3, 0.4) is 0 Å². The van der Waals surface area contributed by atoms with Crippen molar-refractivity contribution in [1.29, 1.82) is 0 Å². The maximum absolute atomic E-state index is 3.57. The SMILES string of the molecule is Cn1cc(CNCC2CCCN2)c2ccccc21. The summed E-state index contributed by atoms with van der Waals surface area (Å²) in [6.07, 6.45) is 4.86. The van der Waals surface area contributed by atoms with Gasteiger partial charge >= 0.3 is 0 Å². The van der Waals surface area contributed by atoms with E-state index in [-0.39, 0.29) is 0 Å². The molecule has 18 heavy (non-hydrogen) atoms. The highest BCUT2D eigenvalue weighted by Crippen LogP contribution is 2.19. The summed E-state index contributed by atoms with van der Waals surface area (Å²) in [5.74, 6) is 0. The van der Waals surface area contributed by atoms with E-state index in [1.165, 1.54) is 35.9 Å². The molecule has 0 bridgehead atoms. The molecule has 1 aromatic carbocycles. The highest BCUT2D eigenvalue weighted by molar-refractivity contribution is 5.83. The van der Waals surface area contributed by atoms with Gasteiger partial charge in [-0.25, -0.2) is 0 Å². The van der Waals surface area contributed by atoms with Gasteiger partial charge in [0.05, 0.1) is 0 Å². The summed E-state index contributed by atoms with van der Waals surface area (Å²) >= 11 is 0. The van der Waals surface area contributed by atoms with Gasteiger partial charge in [-0.2, -0.15) is 0 Å². The minimum absolute atomic E-state index is 0.667. The summed E-state index contributed by atoms with van der Waals surface area (Å²) in [5.41, 5.74) is 2.71. The van der Waals surface area contributed by atoms with Crippen LogP contribution in [0.25, 0.3) is 10.9 Å². The molecular weight excluding hydrogens is 222 g/mol. The van der Waals surface area contributed by atoms with Crippen LogP contribution in [0, 0.1) is 0 Å². The van der Waals surface area contributed by atoms with Crippen molar-refractivity contribution < 1.29 is 0 Å². The number of para-hydroxylation sites is 1. The maximum atomic E-state index is 3.57. The van der Waals surface area contributed by atoms with Crippen LogP contribution in [0.15, 0.2) is 30.5 Å². The van der Waals surface area contributed by atoms with Crippen molar-refractivity contribution in [3.8, 4) is 0 Å². The van der Waals surface area contributed by atoms with E-state index in [1.54, 1.807) is 0 Å². The number of fused-ring (bicyclic) bond motifs is 1. The van der Waals surface area contributed by atoms with Gasteiger partial charge in [0.15, 0.2) is 0 Å². The van der Waals surface area contributed by atoms with E-state index in [2.05, 4.69) is 52.7 Å². The molecular formula is C15H21N3. The molecule has 0 radical (unpaired) electrons. The molecule has 1 aliphatic heterocycles. The van der Waals surface area contributed by atoms with Crippen LogP contribution in [-0.4, -0.2) is 23.7 Å². The third-order valence-corrected chi connectivity index (χ3v) is 3.85. The Hall–Kier alpha value is -1.32. The molecule has 0 saturated carbocycles. The van der Waals surface area contributed by atoms with Crippen LogP contribution in [0.1, 0.15) is 18.4 Å². The van der Waals surface area contributed by atoms with Crippen LogP contribution in [0.4, 0.5) is 0 Å². The number of hydrogen-bond donors (Lipinski definition) is 2. The second kappa shape index (κ2) is 5.12. The number of rotatable bonds is 4. The summed E-state index contributed by atoms with van der Waals surface area (Å²) in [6, 6.07) is 9.27. The van der Waals surface area contributed by atoms with E-state index in [4.69, 9.17) is 0 Å². The number of benzene rings is 1. The molecule has 0 spiro atoms. The standard InChI is InChI=1S/C15H21N3/c1-18-11-12(14-6-2-3-7-15(14)18)9-16-10-13-5-4-8-17-13/h2-3,6-7,11,13,16-17H,4-5,8-10H2,1H3. The first-order valence-electron chi connectivity index (χ1n) is 6.81. The summed E-state index contributed by atoms with van der Waals surface area (Å²) in [6.45, 7) is 3.21. The smallest absolute Gasteiger partial charge is 0.0481 e. The molecule has 1 saturated heterocycles. The molecule has 3 rings (SSSR count). The predicted molar refractivity (Wildman–Crippen MR) is 75.7 cm³/mol. The molecule has 2 N–H and O–H groups in total. The number of nitrogens with zero attached hydrogens (tertiary/aromatic N) is 1. The largest absolute Gasteiger partial charge is 0.350 e. The summed E-state index contributed by atoms with van der Waals surface area (Å²) in [4.78, 5) is 0. The van der Waals surface area contributed by atoms with Crippen molar-refractivity contribution in [2.24, 2.45) is 7.05 Å². The Balaban J connectivity index is 1.67. The number of nitrogens with one attached hydrogen (secondary N) is 2. The topological polar surface area (TPSA) is 29.0 Å². The fourth-order valence-electron chi connectivity index (χ4n) is 2.88. The number of hydrogen-bond acceptors (Lipinski definition) is 2. The number of aryl methyl sites for hydroxylation is 1. The minimum atomic E-state index is 0.667. The normalized spacial score (nSPS) is 19.7. The third-order valence-electron chi connectivity index (χ3n) is 3.85. The van der Waals surface area contributed by atoms with E-state index in [1.807, 2.05) is 0 Å². The van der Waals surface area contributed by atoms with E-state index in [0.717, 1.165) is 13.1 Å². The molecule has 3 heteroatoms.